The van der Waals surface area contributed by atoms with Crippen molar-refractivity contribution in [3.63, 3.8) is 0 Å². The summed E-state index contributed by atoms with van der Waals surface area (Å²) in [5.74, 6) is -0.430. The highest BCUT2D eigenvalue weighted by atomic mass is 16.5. The Morgan fingerprint density at radius 1 is 1.18 bits per heavy atom. The third kappa shape index (κ3) is 5.70. The van der Waals surface area contributed by atoms with Crippen molar-refractivity contribution in [3.8, 4) is 0 Å². The van der Waals surface area contributed by atoms with Crippen LogP contribution in [0.5, 0.6) is 0 Å². The lowest BCUT2D eigenvalue weighted by atomic mass is 9.93. The maximum absolute atomic E-state index is 13.1. The summed E-state index contributed by atoms with van der Waals surface area (Å²) in [5, 5.41) is 5.90. The lowest BCUT2D eigenvalue weighted by Gasteiger charge is -2.42. The molecule has 1 aromatic carbocycles. The Labute approximate surface area is 202 Å². The number of urea groups is 2. The standard InChI is InChI=1S/C25H37N5O4/c1-6-12-26-24(32)30-14-13-29(15-18(30)4)16-20-21(23(31)34-7-2)22(27-25(33)28(20)5)19-10-8-17(3)9-11-19/h8-11,18,22H,6-7,12-16H2,1-5H3,(H,26,32)(H,27,33). The lowest BCUT2D eigenvalue weighted by molar-refractivity contribution is -0.139. The van der Waals surface area contributed by atoms with Crippen molar-refractivity contribution < 1.29 is 19.1 Å². The Hall–Kier alpha value is -3.07. The van der Waals surface area contributed by atoms with E-state index in [1.54, 1.807) is 14.0 Å². The fourth-order valence-electron chi connectivity index (χ4n) is 4.43. The van der Waals surface area contributed by atoms with Gasteiger partial charge in [0.2, 0.25) is 0 Å². The number of nitrogens with one attached hydrogen (secondary N) is 2. The number of aryl methyl sites for hydroxylation is 1. The molecule has 1 aromatic rings. The van der Waals surface area contributed by atoms with Crippen LogP contribution in [0.25, 0.3) is 0 Å². The molecule has 0 bridgehead atoms. The van der Waals surface area contributed by atoms with Crippen molar-refractivity contribution >= 4 is 18.0 Å². The van der Waals surface area contributed by atoms with Crippen LogP contribution in [-0.2, 0) is 9.53 Å². The van der Waals surface area contributed by atoms with Gasteiger partial charge in [-0.25, -0.2) is 14.4 Å². The predicted octanol–water partition coefficient (Wildman–Crippen LogP) is 2.63. The van der Waals surface area contributed by atoms with Gasteiger partial charge in [-0.05, 0) is 32.8 Å². The quantitative estimate of drug-likeness (QED) is 0.597. The SMILES string of the molecule is CCCNC(=O)N1CCN(CC2=C(C(=O)OCC)C(c3ccc(C)cc3)NC(=O)N2C)CC1C. The van der Waals surface area contributed by atoms with Gasteiger partial charge in [0.15, 0.2) is 0 Å². The number of benzene rings is 1. The van der Waals surface area contributed by atoms with Crippen molar-refractivity contribution in [1.82, 2.24) is 25.3 Å². The van der Waals surface area contributed by atoms with Crippen LogP contribution in [0.4, 0.5) is 9.59 Å². The Morgan fingerprint density at radius 3 is 2.50 bits per heavy atom. The summed E-state index contributed by atoms with van der Waals surface area (Å²) in [6, 6.07) is 6.90. The zero-order chi connectivity index (χ0) is 24.8. The lowest BCUT2D eigenvalue weighted by Crippen LogP contribution is -2.58. The summed E-state index contributed by atoms with van der Waals surface area (Å²) in [7, 11) is 1.67. The average molecular weight is 472 g/mol. The molecular weight excluding hydrogens is 434 g/mol. The van der Waals surface area contributed by atoms with E-state index in [-0.39, 0.29) is 24.7 Å². The number of ether oxygens (including phenoxy) is 1. The second kappa shape index (κ2) is 11.4. The first-order chi connectivity index (χ1) is 16.3. The van der Waals surface area contributed by atoms with Crippen molar-refractivity contribution in [2.45, 2.75) is 46.2 Å². The molecule has 34 heavy (non-hydrogen) atoms. The fourth-order valence-corrected chi connectivity index (χ4v) is 4.43. The highest BCUT2D eigenvalue weighted by Crippen LogP contribution is 2.32. The van der Waals surface area contributed by atoms with Crippen LogP contribution in [0.1, 0.15) is 44.4 Å². The molecule has 2 atom stereocenters. The van der Waals surface area contributed by atoms with Gasteiger partial charge in [0.1, 0.15) is 0 Å². The summed E-state index contributed by atoms with van der Waals surface area (Å²) in [4.78, 5) is 44.0. The van der Waals surface area contributed by atoms with Gasteiger partial charge >= 0.3 is 18.0 Å². The minimum atomic E-state index is -0.586. The van der Waals surface area contributed by atoms with Crippen LogP contribution >= 0.6 is 0 Å². The Balaban J connectivity index is 1.88. The smallest absolute Gasteiger partial charge is 0.338 e. The number of likely N-dealkylation sites (N-methyl/N-ethyl adjacent to an activating group) is 1. The maximum atomic E-state index is 13.1. The van der Waals surface area contributed by atoms with E-state index in [9.17, 15) is 14.4 Å². The summed E-state index contributed by atoms with van der Waals surface area (Å²) in [6.07, 6.45) is 0.890. The number of hydrogen-bond donors (Lipinski definition) is 2. The van der Waals surface area contributed by atoms with Gasteiger partial charge in [-0.15, -0.1) is 0 Å². The van der Waals surface area contributed by atoms with Crippen LogP contribution in [0.15, 0.2) is 35.5 Å². The van der Waals surface area contributed by atoms with E-state index in [0.29, 0.717) is 44.0 Å². The number of rotatable bonds is 7. The Kier molecular flexibility index (Phi) is 8.55. The first kappa shape index (κ1) is 25.6. The van der Waals surface area contributed by atoms with Crippen molar-refractivity contribution in [2.75, 3.05) is 46.4 Å². The molecule has 2 aliphatic rings. The molecule has 0 aromatic heterocycles. The summed E-state index contributed by atoms with van der Waals surface area (Å²) < 4.78 is 5.41. The van der Waals surface area contributed by atoms with Crippen LogP contribution in [0.2, 0.25) is 0 Å². The van der Waals surface area contributed by atoms with Crippen LogP contribution < -0.4 is 10.6 Å². The second-order valence-corrected chi connectivity index (χ2v) is 8.94. The molecule has 9 heteroatoms. The third-order valence-electron chi connectivity index (χ3n) is 6.36. The number of amides is 4. The molecule has 1 fully saturated rings. The minimum absolute atomic E-state index is 0.00729. The van der Waals surface area contributed by atoms with E-state index in [1.165, 1.54) is 4.90 Å². The average Bonchev–Trinajstić information content (AvgIpc) is 2.81. The molecular formula is C25H37N5O4. The molecule has 186 valence electrons. The van der Waals surface area contributed by atoms with Gasteiger partial charge in [-0.2, -0.15) is 0 Å². The molecule has 2 aliphatic heterocycles. The van der Waals surface area contributed by atoms with Crippen molar-refractivity contribution in [1.29, 1.82) is 0 Å². The van der Waals surface area contributed by atoms with Crippen molar-refractivity contribution in [2.24, 2.45) is 0 Å². The number of piperazine rings is 1. The summed E-state index contributed by atoms with van der Waals surface area (Å²) in [6.45, 7) is 11.0. The molecule has 1 saturated heterocycles. The van der Waals surface area contributed by atoms with Gasteiger partial charge in [-0.3, -0.25) is 9.80 Å². The number of carbonyl (C=O) groups is 3. The molecule has 0 spiro atoms. The van der Waals surface area contributed by atoms with Gasteiger partial charge in [0.25, 0.3) is 0 Å². The van der Waals surface area contributed by atoms with Crippen LogP contribution in [-0.4, -0.2) is 85.2 Å². The van der Waals surface area contributed by atoms with E-state index in [2.05, 4.69) is 15.5 Å². The second-order valence-electron chi connectivity index (χ2n) is 8.94. The normalized spacial score (nSPS) is 21.4. The van der Waals surface area contributed by atoms with E-state index < -0.39 is 12.0 Å². The third-order valence-corrected chi connectivity index (χ3v) is 6.36. The Morgan fingerprint density at radius 2 is 1.88 bits per heavy atom. The molecule has 3 rings (SSSR count). The molecule has 0 radical (unpaired) electrons. The number of esters is 1. The van der Waals surface area contributed by atoms with Crippen LogP contribution in [0, 0.1) is 6.92 Å². The van der Waals surface area contributed by atoms with E-state index >= 15 is 0 Å². The highest BCUT2D eigenvalue weighted by molar-refractivity contribution is 5.95. The van der Waals surface area contributed by atoms with Gasteiger partial charge in [0.05, 0.1) is 18.2 Å². The van der Waals surface area contributed by atoms with Gasteiger partial charge in [0, 0.05) is 51.5 Å². The minimum Gasteiger partial charge on any atom is -0.463 e. The predicted molar refractivity (Wildman–Crippen MR) is 130 cm³/mol. The van der Waals surface area contributed by atoms with Crippen molar-refractivity contribution in [3.05, 3.63) is 46.7 Å². The molecule has 2 heterocycles. The monoisotopic (exact) mass is 471 g/mol. The fraction of sp³-hybridized carbons (Fsp3) is 0.560. The first-order valence-electron chi connectivity index (χ1n) is 12.0. The van der Waals surface area contributed by atoms with E-state index in [0.717, 1.165) is 17.5 Å². The molecule has 2 unspecified atom stereocenters. The molecule has 4 amide bonds. The highest BCUT2D eigenvalue weighted by Gasteiger charge is 2.38. The largest absolute Gasteiger partial charge is 0.463 e. The molecule has 9 nitrogen and oxygen atoms in total. The molecule has 2 N–H and O–H groups in total. The molecule has 0 saturated carbocycles. The number of nitrogens with zero attached hydrogens (tertiary/aromatic N) is 3. The summed E-state index contributed by atoms with van der Waals surface area (Å²) >= 11 is 0. The molecule has 0 aliphatic carbocycles. The zero-order valence-electron chi connectivity index (χ0n) is 20.9. The Bertz CT molecular complexity index is 930. The van der Waals surface area contributed by atoms with Gasteiger partial charge < -0.3 is 20.3 Å². The number of carbonyl (C=O) groups excluding carboxylic acids is 3. The topological polar surface area (TPSA) is 94.2 Å². The van der Waals surface area contributed by atoms with E-state index in [4.69, 9.17) is 4.74 Å². The zero-order valence-corrected chi connectivity index (χ0v) is 20.9. The first-order valence-corrected chi connectivity index (χ1v) is 12.0. The number of hydrogen-bond acceptors (Lipinski definition) is 5. The van der Waals surface area contributed by atoms with Gasteiger partial charge in [-0.1, -0.05) is 36.8 Å². The summed E-state index contributed by atoms with van der Waals surface area (Å²) in [5.41, 5.74) is 3.01. The van der Waals surface area contributed by atoms with Crippen LogP contribution in [0.3, 0.4) is 0 Å². The van der Waals surface area contributed by atoms with E-state index in [1.807, 2.05) is 49.9 Å². The maximum Gasteiger partial charge on any atom is 0.338 e.